The number of benzene rings is 1. The maximum Gasteiger partial charge on any atom is 0.433 e. The molecule has 0 saturated carbocycles. The maximum absolute atomic E-state index is 13.4. The summed E-state index contributed by atoms with van der Waals surface area (Å²) in [7, 11) is 0. The van der Waals surface area contributed by atoms with Crippen LogP contribution in [0.5, 0.6) is 0 Å². The van der Waals surface area contributed by atoms with Crippen molar-refractivity contribution in [3.8, 4) is 22.6 Å². The van der Waals surface area contributed by atoms with Gasteiger partial charge in [-0.3, -0.25) is 4.98 Å². The van der Waals surface area contributed by atoms with E-state index in [1.165, 1.54) is 6.20 Å². The number of pyridine rings is 1. The minimum Gasteiger partial charge on any atom is -0.264 e. The third-order valence-corrected chi connectivity index (χ3v) is 4.30. The predicted molar refractivity (Wildman–Crippen MR) is 101 cm³/mol. The van der Waals surface area contributed by atoms with E-state index >= 15 is 0 Å². The van der Waals surface area contributed by atoms with Crippen LogP contribution in [-0.2, 0) is 22.2 Å². The minimum atomic E-state index is -4.48. The first kappa shape index (κ1) is 21.6. The number of nitrogens with zero attached hydrogens (tertiary/aromatic N) is 6. The maximum atomic E-state index is 13.4. The fourth-order valence-corrected chi connectivity index (χ4v) is 2.92. The number of hydrogen-bond donors (Lipinski definition) is 0. The summed E-state index contributed by atoms with van der Waals surface area (Å²) in [5.74, 6) is 0. The Morgan fingerprint density at radius 2 is 1.71 bits per heavy atom. The summed E-state index contributed by atoms with van der Waals surface area (Å²) in [5, 5.41) is 12.1. The molecule has 0 fully saturated rings. The molecule has 0 atom stereocenters. The highest BCUT2D eigenvalue weighted by Crippen LogP contribution is 2.34. The van der Waals surface area contributed by atoms with Gasteiger partial charge in [0.05, 0.1) is 23.8 Å². The second-order valence-corrected chi connectivity index (χ2v) is 6.17. The summed E-state index contributed by atoms with van der Waals surface area (Å²) >= 11 is 0. The fraction of sp³-hybridized carbons (Fsp3) is 0.150. The van der Waals surface area contributed by atoms with Crippen molar-refractivity contribution in [2.75, 3.05) is 0 Å². The minimum absolute atomic E-state index is 0.161. The average molecular weight is 428 g/mol. The zero-order valence-corrected chi connectivity index (χ0v) is 16.1. The number of hydrogen-bond acceptors (Lipinski definition) is 6. The summed E-state index contributed by atoms with van der Waals surface area (Å²) in [6.07, 6.45) is 2.36. The van der Waals surface area contributed by atoms with Gasteiger partial charge in [-0.2, -0.15) is 27.9 Å². The lowest BCUT2D eigenvalue weighted by atomic mass is 10.2. The molecule has 4 aromatic rings. The first-order chi connectivity index (χ1) is 14.9. The van der Waals surface area contributed by atoms with Crippen LogP contribution in [0.3, 0.4) is 0 Å². The largest absolute Gasteiger partial charge is 0.433 e. The van der Waals surface area contributed by atoms with E-state index in [4.69, 9.17) is 9.59 Å². The van der Waals surface area contributed by atoms with Crippen LogP contribution in [0.25, 0.3) is 22.6 Å². The molecule has 8 nitrogen and oxygen atoms in total. The van der Waals surface area contributed by atoms with E-state index in [9.17, 15) is 13.2 Å². The highest BCUT2D eigenvalue weighted by molar-refractivity contribution is 5.56. The quantitative estimate of drug-likeness (QED) is 0.494. The van der Waals surface area contributed by atoms with Gasteiger partial charge in [0.25, 0.3) is 0 Å². The molecule has 1 aromatic carbocycles. The topological polar surface area (TPSA) is 95.6 Å². The van der Waals surface area contributed by atoms with Gasteiger partial charge >= 0.3 is 12.3 Å². The summed E-state index contributed by atoms with van der Waals surface area (Å²) in [6.45, 7) is 1.67. The number of alkyl halides is 3. The third kappa shape index (κ3) is 4.73. The second kappa shape index (κ2) is 9.14. The van der Waals surface area contributed by atoms with Gasteiger partial charge in [-0.1, -0.05) is 12.1 Å². The smallest absolute Gasteiger partial charge is 0.264 e. The first-order valence-corrected chi connectivity index (χ1v) is 8.96. The van der Waals surface area contributed by atoms with Crippen molar-refractivity contribution in [1.82, 2.24) is 29.8 Å². The van der Waals surface area contributed by atoms with Crippen molar-refractivity contribution in [2.45, 2.75) is 19.5 Å². The SMILES string of the molecule is CCc1cnn(-c2ccc(-n3cc(-c4cccnc4)nn3)cc2)c1C(F)(F)F.O=C=O. The number of aryl methyl sites for hydroxylation is 1. The molecule has 4 rings (SSSR count). The van der Waals surface area contributed by atoms with Crippen LogP contribution in [0.4, 0.5) is 13.2 Å². The standard InChI is InChI=1S/C19H15F3N6.CO2/c1-2-13-11-24-28(18(13)19(20,21)22)16-7-5-15(6-8-16)27-12-17(25-26-27)14-4-3-9-23-10-14;2-1-3/h3-12H,2H2,1H3;. The average Bonchev–Trinajstić information content (AvgIpc) is 3.42. The summed E-state index contributed by atoms with van der Waals surface area (Å²) < 4.78 is 42.8. The predicted octanol–water partition coefficient (Wildman–Crippen LogP) is 3.51. The lowest BCUT2D eigenvalue weighted by molar-refractivity contribution is -0.191. The molecule has 0 aliphatic carbocycles. The summed E-state index contributed by atoms with van der Waals surface area (Å²) in [5.41, 5.74) is 1.88. The van der Waals surface area contributed by atoms with Crippen LogP contribution >= 0.6 is 0 Å². The normalized spacial score (nSPS) is 10.8. The molecule has 0 aliphatic heterocycles. The molecule has 0 spiro atoms. The Morgan fingerprint density at radius 1 is 1.03 bits per heavy atom. The number of rotatable bonds is 4. The Bertz CT molecular complexity index is 1180. The molecular weight excluding hydrogens is 413 g/mol. The molecule has 0 saturated heterocycles. The monoisotopic (exact) mass is 428 g/mol. The van der Waals surface area contributed by atoms with Crippen molar-refractivity contribution in [3.63, 3.8) is 0 Å². The van der Waals surface area contributed by atoms with E-state index in [-0.39, 0.29) is 18.1 Å². The highest BCUT2D eigenvalue weighted by Gasteiger charge is 2.38. The molecule has 0 unspecified atom stereocenters. The van der Waals surface area contributed by atoms with E-state index in [0.717, 1.165) is 10.2 Å². The Morgan fingerprint density at radius 3 is 2.29 bits per heavy atom. The van der Waals surface area contributed by atoms with Crippen LogP contribution in [0.15, 0.2) is 61.2 Å². The Kier molecular flexibility index (Phi) is 6.37. The van der Waals surface area contributed by atoms with Crippen molar-refractivity contribution < 1.29 is 22.8 Å². The lowest BCUT2D eigenvalue weighted by Crippen LogP contribution is -2.15. The van der Waals surface area contributed by atoms with Crippen LogP contribution in [0.1, 0.15) is 18.2 Å². The molecular formula is C20H15F3N6O2. The molecule has 0 N–H and O–H groups in total. The zero-order chi connectivity index (χ0) is 22.4. The summed E-state index contributed by atoms with van der Waals surface area (Å²) in [6, 6.07) is 10.2. The van der Waals surface area contributed by atoms with E-state index in [2.05, 4.69) is 20.4 Å². The van der Waals surface area contributed by atoms with Crippen LogP contribution in [0, 0.1) is 0 Å². The van der Waals surface area contributed by atoms with Crippen molar-refractivity contribution in [1.29, 1.82) is 0 Å². The van der Waals surface area contributed by atoms with Crippen LogP contribution < -0.4 is 0 Å². The molecule has 0 aliphatic rings. The van der Waals surface area contributed by atoms with Gasteiger partial charge in [0.15, 0.2) is 5.69 Å². The third-order valence-electron chi connectivity index (χ3n) is 4.30. The van der Waals surface area contributed by atoms with Crippen molar-refractivity contribution in [2.24, 2.45) is 0 Å². The first-order valence-electron chi connectivity index (χ1n) is 8.96. The van der Waals surface area contributed by atoms with Gasteiger partial charge in [0.2, 0.25) is 0 Å². The fourth-order valence-electron chi connectivity index (χ4n) is 2.92. The van der Waals surface area contributed by atoms with E-state index in [1.54, 1.807) is 60.5 Å². The van der Waals surface area contributed by atoms with E-state index < -0.39 is 11.9 Å². The molecule has 3 heterocycles. The van der Waals surface area contributed by atoms with Gasteiger partial charge in [-0.25, -0.2) is 9.36 Å². The van der Waals surface area contributed by atoms with Gasteiger partial charge in [-0.05, 0) is 42.8 Å². The van der Waals surface area contributed by atoms with Gasteiger partial charge in [0.1, 0.15) is 5.69 Å². The lowest BCUT2D eigenvalue weighted by Gasteiger charge is -2.12. The van der Waals surface area contributed by atoms with Crippen molar-refractivity contribution >= 4 is 6.15 Å². The Labute approximate surface area is 174 Å². The van der Waals surface area contributed by atoms with Crippen LogP contribution in [-0.4, -0.2) is 35.9 Å². The molecule has 11 heteroatoms. The molecule has 31 heavy (non-hydrogen) atoms. The molecule has 3 aromatic heterocycles. The number of carbonyl (C=O) groups excluding carboxylic acids is 2. The highest BCUT2D eigenvalue weighted by atomic mass is 19.4. The van der Waals surface area contributed by atoms with Gasteiger partial charge in [0, 0.05) is 23.5 Å². The summed E-state index contributed by atoms with van der Waals surface area (Å²) in [4.78, 5) is 20.3. The zero-order valence-electron chi connectivity index (χ0n) is 16.1. The van der Waals surface area contributed by atoms with Crippen molar-refractivity contribution in [3.05, 3.63) is 72.4 Å². The molecule has 0 amide bonds. The van der Waals surface area contributed by atoms with Gasteiger partial charge < -0.3 is 0 Å². The van der Waals surface area contributed by atoms with E-state index in [1.807, 2.05) is 6.07 Å². The van der Waals surface area contributed by atoms with Crippen LogP contribution in [0.2, 0.25) is 0 Å². The van der Waals surface area contributed by atoms with Gasteiger partial charge in [-0.15, -0.1) is 5.10 Å². The molecule has 0 bridgehead atoms. The Hall–Kier alpha value is -4.11. The Balaban J connectivity index is 0.000000858. The number of aromatic nitrogens is 6. The second-order valence-electron chi connectivity index (χ2n) is 6.17. The number of halogens is 3. The molecule has 0 radical (unpaired) electrons. The van der Waals surface area contributed by atoms with E-state index in [0.29, 0.717) is 17.1 Å². The molecule has 158 valence electrons.